The molecule has 0 aliphatic rings. The van der Waals surface area contributed by atoms with Crippen LogP contribution in [0.4, 0.5) is 0 Å². The van der Waals surface area contributed by atoms with Crippen molar-refractivity contribution in [3.8, 4) is 0 Å². The van der Waals surface area contributed by atoms with E-state index in [9.17, 15) is 4.79 Å². The SMILES string of the molecule is Cc1cccc(CSCC(=O)NCc2cccc(Cl)c2)c1. The van der Waals surface area contributed by atoms with Crippen LogP contribution in [0, 0.1) is 6.92 Å². The number of hydrogen-bond acceptors (Lipinski definition) is 2. The number of rotatable bonds is 6. The first-order valence-electron chi connectivity index (χ1n) is 6.78. The Morgan fingerprint density at radius 2 is 1.90 bits per heavy atom. The molecule has 2 aromatic rings. The lowest BCUT2D eigenvalue weighted by Crippen LogP contribution is -2.24. The highest BCUT2D eigenvalue weighted by atomic mass is 35.5. The summed E-state index contributed by atoms with van der Waals surface area (Å²) in [6.07, 6.45) is 0. The zero-order valence-corrected chi connectivity index (χ0v) is 13.5. The van der Waals surface area contributed by atoms with Gasteiger partial charge in [0, 0.05) is 17.3 Å². The Morgan fingerprint density at radius 1 is 1.14 bits per heavy atom. The lowest BCUT2D eigenvalue weighted by Gasteiger charge is -2.06. The van der Waals surface area contributed by atoms with Gasteiger partial charge < -0.3 is 5.32 Å². The summed E-state index contributed by atoms with van der Waals surface area (Å²) in [5.74, 6) is 1.37. The molecule has 1 N–H and O–H groups in total. The average molecular weight is 320 g/mol. The second-order valence-corrected chi connectivity index (χ2v) is 6.31. The van der Waals surface area contributed by atoms with Crippen LogP contribution in [-0.2, 0) is 17.1 Å². The zero-order valence-electron chi connectivity index (χ0n) is 11.9. The largest absolute Gasteiger partial charge is 0.351 e. The molecular formula is C17H18ClNOS. The summed E-state index contributed by atoms with van der Waals surface area (Å²) in [6, 6.07) is 15.9. The van der Waals surface area contributed by atoms with Gasteiger partial charge in [0.25, 0.3) is 0 Å². The van der Waals surface area contributed by atoms with Crippen molar-refractivity contribution in [1.29, 1.82) is 0 Å². The molecule has 110 valence electrons. The van der Waals surface area contributed by atoms with Gasteiger partial charge in [0.05, 0.1) is 5.75 Å². The molecule has 2 aromatic carbocycles. The van der Waals surface area contributed by atoms with Gasteiger partial charge in [-0.2, -0.15) is 0 Å². The number of aryl methyl sites for hydroxylation is 1. The third-order valence-corrected chi connectivity index (χ3v) is 4.20. The predicted octanol–water partition coefficient (Wildman–Crippen LogP) is 4.20. The first kappa shape index (κ1) is 15.9. The van der Waals surface area contributed by atoms with Gasteiger partial charge in [-0.05, 0) is 30.2 Å². The van der Waals surface area contributed by atoms with E-state index in [1.165, 1.54) is 11.1 Å². The Bertz CT molecular complexity index is 615. The van der Waals surface area contributed by atoms with Gasteiger partial charge in [-0.3, -0.25) is 4.79 Å². The van der Waals surface area contributed by atoms with Crippen LogP contribution in [0.5, 0.6) is 0 Å². The monoisotopic (exact) mass is 319 g/mol. The lowest BCUT2D eigenvalue weighted by molar-refractivity contribution is -0.118. The van der Waals surface area contributed by atoms with E-state index in [1.54, 1.807) is 11.8 Å². The molecule has 0 aromatic heterocycles. The van der Waals surface area contributed by atoms with Crippen LogP contribution in [0.15, 0.2) is 48.5 Å². The van der Waals surface area contributed by atoms with Crippen molar-refractivity contribution in [1.82, 2.24) is 5.32 Å². The summed E-state index contributed by atoms with van der Waals surface area (Å²) in [4.78, 5) is 11.8. The van der Waals surface area contributed by atoms with Gasteiger partial charge in [0.15, 0.2) is 0 Å². The minimum absolute atomic E-state index is 0.0487. The molecule has 0 spiro atoms. The quantitative estimate of drug-likeness (QED) is 0.864. The smallest absolute Gasteiger partial charge is 0.230 e. The van der Waals surface area contributed by atoms with E-state index < -0.39 is 0 Å². The van der Waals surface area contributed by atoms with Crippen LogP contribution in [-0.4, -0.2) is 11.7 Å². The van der Waals surface area contributed by atoms with Crippen molar-refractivity contribution >= 4 is 29.3 Å². The van der Waals surface area contributed by atoms with E-state index in [-0.39, 0.29) is 5.91 Å². The lowest BCUT2D eigenvalue weighted by atomic mass is 10.2. The van der Waals surface area contributed by atoms with Crippen LogP contribution >= 0.6 is 23.4 Å². The van der Waals surface area contributed by atoms with E-state index in [0.717, 1.165) is 11.3 Å². The Balaban J connectivity index is 1.70. The standard InChI is InChI=1S/C17H18ClNOS/c1-13-4-2-6-15(8-13)11-21-12-17(20)19-10-14-5-3-7-16(18)9-14/h2-9H,10-12H2,1H3,(H,19,20). The summed E-state index contributed by atoms with van der Waals surface area (Å²) < 4.78 is 0. The molecule has 0 saturated heterocycles. The van der Waals surface area contributed by atoms with Crippen molar-refractivity contribution in [3.05, 3.63) is 70.2 Å². The third kappa shape index (κ3) is 5.82. The Hall–Kier alpha value is -1.45. The molecule has 1 amide bonds. The number of thioether (sulfide) groups is 1. The maximum Gasteiger partial charge on any atom is 0.230 e. The van der Waals surface area contributed by atoms with E-state index >= 15 is 0 Å². The van der Waals surface area contributed by atoms with Crippen molar-refractivity contribution in [2.45, 2.75) is 19.2 Å². The number of amides is 1. The fourth-order valence-corrected chi connectivity index (χ4v) is 2.98. The minimum atomic E-state index is 0.0487. The van der Waals surface area contributed by atoms with Gasteiger partial charge in [-0.15, -0.1) is 11.8 Å². The van der Waals surface area contributed by atoms with Gasteiger partial charge in [-0.1, -0.05) is 53.6 Å². The van der Waals surface area contributed by atoms with Crippen molar-refractivity contribution in [2.24, 2.45) is 0 Å². The molecule has 0 aliphatic heterocycles. The summed E-state index contributed by atoms with van der Waals surface area (Å²) in [7, 11) is 0. The highest BCUT2D eigenvalue weighted by molar-refractivity contribution is 7.99. The van der Waals surface area contributed by atoms with Gasteiger partial charge >= 0.3 is 0 Å². The van der Waals surface area contributed by atoms with E-state index in [2.05, 4.69) is 30.4 Å². The first-order valence-corrected chi connectivity index (χ1v) is 8.31. The summed E-state index contributed by atoms with van der Waals surface area (Å²) in [6.45, 7) is 2.59. The van der Waals surface area contributed by atoms with Crippen LogP contribution in [0.3, 0.4) is 0 Å². The molecule has 0 fully saturated rings. The molecule has 0 radical (unpaired) electrons. The summed E-state index contributed by atoms with van der Waals surface area (Å²) in [5, 5.41) is 3.60. The maximum absolute atomic E-state index is 11.8. The third-order valence-electron chi connectivity index (χ3n) is 2.96. The van der Waals surface area contributed by atoms with Crippen molar-refractivity contribution < 1.29 is 4.79 Å². The van der Waals surface area contributed by atoms with E-state index in [1.807, 2.05) is 30.3 Å². The van der Waals surface area contributed by atoms with Gasteiger partial charge in [-0.25, -0.2) is 0 Å². The van der Waals surface area contributed by atoms with Crippen molar-refractivity contribution in [2.75, 3.05) is 5.75 Å². The van der Waals surface area contributed by atoms with Crippen LogP contribution in [0.2, 0.25) is 5.02 Å². The number of benzene rings is 2. The molecule has 0 unspecified atom stereocenters. The normalized spacial score (nSPS) is 10.4. The second kappa shape index (κ2) is 8.11. The van der Waals surface area contributed by atoms with Gasteiger partial charge in [0.1, 0.15) is 0 Å². The maximum atomic E-state index is 11.8. The molecule has 2 rings (SSSR count). The highest BCUT2D eigenvalue weighted by Gasteiger charge is 2.03. The minimum Gasteiger partial charge on any atom is -0.351 e. The fraction of sp³-hybridized carbons (Fsp3) is 0.235. The van der Waals surface area contributed by atoms with Crippen LogP contribution in [0.25, 0.3) is 0 Å². The van der Waals surface area contributed by atoms with E-state index in [4.69, 9.17) is 11.6 Å². The number of halogens is 1. The molecule has 4 heteroatoms. The predicted molar refractivity (Wildman–Crippen MR) is 90.6 cm³/mol. The fourth-order valence-electron chi connectivity index (χ4n) is 1.96. The highest BCUT2D eigenvalue weighted by Crippen LogP contribution is 2.13. The van der Waals surface area contributed by atoms with Crippen LogP contribution in [0.1, 0.15) is 16.7 Å². The summed E-state index contributed by atoms with van der Waals surface area (Å²) >= 11 is 7.53. The Labute approximate surface area is 134 Å². The summed E-state index contributed by atoms with van der Waals surface area (Å²) in [5.41, 5.74) is 3.51. The molecule has 0 bridgehead atoms. The zero-order chi connectivity index (χ0) is 15.1. The van der Waals surface area contributed by atoms with Crippen LogP contribution < -0.4 is 5.32 Å². The Morgan fingerprint density at radius 3 is 2.67 bits per heavy atom. The number of hydrogen-bond donors (Lipinski definition) is 1. The molecule has 2 nitrogen and oxygen atoms in total. The Kier molecular flexibility index (Phi) is 6.15. The number of carbonyl (C=O) groups excluding carboxylic acids is 1. The van der Waals surface area contributed by atoms with E-state index in [0.29, 0.717) is 17.3 Å². The second-order valence-electron chi connectivity index (χ2n) is 4.89. The first-order chi connectivity index (χ1) is 10.1. The molecule has 21 heavy (non-hydrogen) atoms. The molecular weight excluding hydrogens is 302 g/mol. The number of nitrogens with one attached hydrogen (secondary N) is 1. The average Bonchev–Trinajstić information content (AvgIpc) is 2.45. The molecule has 0 atom stereocenters. The molecule has 0 aliphatic carbocycles. The van der Waals surface area contributed by atoms with Crippen molar-refractivity contribution in [3.63, 3.8) is 0 Å². The molecule has 0 saturated carbocycles. The topological polar surface area (TPSA) is 29.1 Å². The molecule has 0 heterocycles. The number of carbonyl (C=O) groups is 1. The van der Waals surface area contributed by atoms with Gasteiger partial charge in [0.2, 0.25) is 5.91 Å².